The van der Waals surface area contributed by atoms with Crippen molar-refractivity contribution in [2.75, 3.05) is 0 Å². The minimum Gasteiger partial charge on any atom is -0.432 e. The van der Waals surface area contributed by atoms with Gasteiger partial charge in [-0.25, -0.2) is 0 Å². The summed E-state index contributed by atoms with van der Waals surface area (Å²) in [5.41, 5.74) is 0. The lowest BCUT2D eigenvalue weighted by Crippen LogP contribution is -2.26. The molecule has 0 aromatic carbocycles. The van der Waals surface area contributed by atoms with Gasteiger partial charge in [0.15, 0.2) is 8.32 Å². The van der Waals surface area contributed by atoms with Gasteiger partial charge in [0.25, 0.3) is 0 Å². The van der Waals surface area contributed by atoms with Crippen molar-refractivity contribution in [1.29, 1.82) is 0 Å². The molecule has 0 aromatic heterocycles. The Morgan fingerprint density at radius 2 is 2.08 bits per heavy atom. The average molecular weight is 200 g/mol. The van der Waals surface area contributed by atoms with Crippen molar-refractivity contribution in [3.05, 3.63) is 0 Å². The van der Waals surface area contributed by atoms with Crippen LogP contribution >= 0.6 is 0 Å². The molecule has 76 valence electrons. The van der Waals surface area contributed by atoms with Gasteiger partial charge < -0.3 is 9.53 Å². The minimum absolute atomic E-state index is 0.599. The normalized spacial score (nSPS) is 38.5. The molecule has 0 radical (unpaired) electrons. The van der Waals surface area contributed by atoms with Crippen molar-refractivity contribution in [3.63, 3.8) is 0 Å². The third-order valence-corrected chi connectivity index (χ3v) is 4.79. The first kappa shape index (κ1) is 9.68. The van der Waals surface area contributed by atoms with E-state index in [0.717, 1.165) is 12.0 Å². The first-order valence-electron chi connectivity index (χ1n) is 5.42. The van der Waals surface area contributed by atoms with Crippen LogP contribution in [0.15, 0.2) is 0 Å². The van der Waals surface area contributed by atoms with E-state index >= 15 is 0 Å². The fourth-order valence-corrected chi connectivity index (χ4v) is 3.42. The second-order valence-electron chi connectivity index (χ2n) is 5.24. The van der Waals surface area contributed by atoms with Crippen LogP contribution in [-0.4, -0.2) is 25.3 Å². The molecule has 0 aromatic rings. The maximum absolute atomic E-state index is 9.73. The van der Waals surface area contributed by atoms with E-state index in [1.807, 2.05) is 13.1 Å². The Morgan fingerprint density at radius 3 is 2.69 bits per heavy atom. The molecule has 2 nitrogen and oxygen atoms in total. The number of hydrogen-bond acceptors (Lipinski definition) is 2. The maximum atomic E-state index is 9.73. The van der Waals surface area contributed by atoms with Gasteiger partial charge in [0.2, 0.25) is 0 Å². The number of fused-ring (bicyclic) bond motifs is 1. The number of hydrogen-bond donors (Lipinski definition) is 1. The van der Waals surface area contributed by atoms with Gasteiger partial charge >= 0.3 is 0 Å². The van der Waals surface area contributed by atoms with E-state index in [0.29, 0.717) is 12.2 Å². The van der Waals surface area contributed by atoms with E-state index in [-0.39, 0.29) is 0 Å². The van der Waals surface area contributed by atoms with Gasteiger partial charge in [0, 0.05) is 0 Å². The van der Waals surface area contributed by atoms with Crippen LogP contribution in [0.5, 0.6) is 0 Å². The molecule has 3 unspecified atom stereocenters. The first-order chi connectivity index (χ1) is 6.04. The van der Waals surface area contributed by atoms with E-state index < -0.39 is 8.32 Å². The van der Waals surface area contributed by atoms with E-state index in [2.05, 4.69) is 0 Å². The highest BCUT2D eigenvalue weighted by atomic mass is 28.4. The zero-order valence-corrected chi connectivity index (χ0v) is 9.62. The van der Waals surface area contributed by atoms with Gasteiger partial charge in [-0.2, -0.15) is 0 Å². The Hall–Kier alpha value is 0.137. The van der Waals surface area contributed by atoms with Crippen LogP contribution in [0, 0.1) is 5.92 Å². The monoisotopic (exact) mass is 200 g/mol. The molecule has 2 rings (SSSR count). The minimum atomic E-state index is -1.79. The summed E-state index contributed by atoms with van der Waals surface area (Å²) in [5.74, 6) is 0.836. The van der Waals surface area contributed by atoms with Gasteiger partial charge in [-0.05, 0) is 44.3 Å². The van der Waals surface area contributed by atoms with Crippen LogP contribution in [-0.2, 0) is 4.74 Å². The molecular weight excluding hydrogens is 180 g/mol. The van der Waals surface area contributed by atoms with Gasteiger partial charge in [-0.15, -0.1) is 0 Å². The van der Waals surface area contributed by atoms with Crippen LogP contribution < -0.4 is 0 Å². The summed E-state index contributed by atoms with van der Waals surface area (Å²) in [6.07, 6.45) is 6.30. The topological polar surface area (TPSA) is 32.8 Å². The maximum Gasteiger partial charge on any atom is 0.182 e. The smallest absolute Gasteiger partial charge is 0.182 e. The summed E-state index contributed by atoms with van der Waals surface area (Å²) >= 11 is 0. The van der Waals surface area contributed by atoms with E-state index in [1.165, 1.54) is 25.7 Å². The van der Waals surface area contributed by atoms with E-state index in [1.54, 1.807) is 0 Å². The van der Waals surface area contributed by atoms with E-state index in [4.69, 9.17) is 4.74 Å². The summed E-state index contributed by atoms with van der Waals surface area (Å²) in [4.78, 5) is 9.73. The predicted octanol–water partition coefficient (Wildman–Crippen LogP) is 2.14. The molecule has 2 aliphatic rings. The zero-order valence-electron chi connectivity index (χ0n) is 8.62. The quantitative estimate of drug-likeness (QED) is 0.559. The van der Waals surface area contributed by atoms with Crippen LogP contribution in [0.3, 0.4) is 0 Å². The molecule has 1 aliphatic carbocycles. The Kier molecular flexibility index (Phi) is 2.51. The third kappa shape index (κ3) is 2.79. The van der Waals surface area contributed by atoms with Crippen LogP contribution in [0.1, 0.15) is 25.7 Å². The summed E-state index contributed by atoms with van der Waals surface area (Å²) in [7, 11) is -1.79. The fraction of sp³-hybridized carbons (Fsp3) is 1.00. The molecule has 0 spiro atoms. The van der Waals surface area contributed by atoms with Gasteiger partial charge in [0.1, 0.15) is 0 Å². The highest BCUT2D eigenvalue weighted by Crippen LogP contribution is 2.41. The Labute approximate surface area is 81.4 Å². The Morgan fingerprint density at radius 1 is 1.31 bits per heavy atom. The Balaban J connectivity index is 1.70. The first-order valence-corrected chi connectivity index (χ1v) is 8.58. The van der Waals surface area contributed by atoms with Crippen molar-refractivity contribution in [2.45, 2.75) is 57.0 Å². The van der Waals surface area contributed by atoms with Crippen LogP contribution in [0.2, 0.25) is 19.1 Å². The Bertz CT molecular complexity index is 188. The molecule has 1 N–H and O–H groups in total. The molecule has 13 heavy (non-hydrogen) atoms. The molecule has 2 fully saturated rings. The molecular formula is C10H20O2Si. The van der Waals surface area contributed by atoms with Crippen LogP contribution in [0.25, 0.3) is 0 Å². The zero-order chi connectivity index (χ0) is 9.47. The second kappa shape index (κ2) is 3.37. The SMILES string of the molecule is C[Si](C)(O)CCC1CCC2OC2C1. The number of rotatable bonds is 3. The fourth-order valence-electron chi connectivity index (χ4n) is 2.31. The molecule has 1 heterocycles. The van der Waals surface area contributed by atoms with Gasteiger partial charge in [-0.1, -0.05) is 6.42 Å². The van der Waals surface area contributed by atoms with Crippen LogP contribution in [0.4, 0.5) is 0 Å². The van der Waals surface area contributed by atoms with Crippen molar-refractivity contribution >= 4 is 8.32 Å². The lowest BCUT2D eigenvalue weighted by atomic mass is 9.88. The standard InChI is InChI=1S/C10H20O2Si/c1-13(2,11)6-5-8-3-4-9-10(7-8)12-9/h8-11H,3-7H2,1-2H3. The summed E-state index contributed by atoms with van der Waals surface area (Å²) in [6, 6.07) is 1.06. The summed E-state index contributed by atoms with van der Waals surface area (Å²) in [6.45, 7) is 4.07. The molecule has 1 aliphatic heterocycles. The van der Waals surface area contributed by atoms with Crippen molar-refractivity contribution in [3.8, 4) is 0 Å². The van der Waals surface area contributed by atoms with Crippen molar-refractivity contribution in [1.82, 2.24) is 0 Å². The summed E-state index contributed by atoms with van der Waals surface area (Å²) < 4.78 is 5.49. The van der Waals surface area contributed by atoms with Crippen molar-refractivity contribution < 1.29 is 9.53 Å². The molecule has 3 heteroatoms. The molecule has 0 bridgehead atoms. The highest BCUT2D eigenvalue weighted by molar-refractivity contribution is 6.69. The average Bonchev–Trinajstić information content (AvgIpc) is 2.76. The van der Waals surface area contributed by atoms with E-state index in [9.17, 15) is 4.80 Å². The molecule has 3 atom stereocenters. The largest absolute Gasteiger partial charge is 0.432 e. The van der Waals surface area contributed by atoms with Gasteiger partial charge in [0.05, 0.1) is 12.2 Å². The second-order valence-corrected chi connectivity index (χ2v) is 9.37. The molecule has 1 saturated heterocycles. The third-order valence-electron chi connectivity index (χ3n) is 3.28. The predicted molar refractivity (Wildman–Crippen MR) is 55.1 cm³/mol. The molecule has 0 amide bonds. The molecule has 1 saturated carbocycles. The lowest BCUT2D eigenvalue weighted by molar-refractivity contribution is 0.354. The lowest BCUT2D eigenvalue weighted by Gasteiger charge is -2.22. The number of ether oxygens (including phenoxy) is 1. The van der Waals surface area contributed by atoms with Gasteiger partial charge in [-0.3, -0.25) is 0 Å². The summed E-state index contributed by atoms with van der Waals surface area (Å²) in [5, 5.41) is 0. The number of epoxide rings is 1. The highest BCUT2D eigenvalue weighted by Gasteiger charge is 2.43. The van der Waals surface area contributed by atoms with Crippen molar-refractivity contribution in [2.24, 2.45) is 5.92 Å².